The second-order valence-electron chi connectivity index (χ2n) is 6.39. The molecular formula is C20H22N6O2. The fourth-order valence-electron chi connectivity index (χ4n) is 2.62. The van der Waals surface area contributed by atoms with Crippen LogP contribution < -0.4 is 16.4 Å². The first-order chi connectivity index (χ1) is 13.5. The van der Waals surface area contributed by atoms with Gasteiger partial charge in [-0.05, 0) is 31.0 Å². The molecule has 0 fully saturated rings. The summed E-state index contributed by atoms with van der Waals surface area (Å²) in [6.07, 6.45) is 0.694. The van der Waals surface area contributed by atoms with Crippen molar-refractivity contribution in [3.05, 3.63) is 71.4 Å². The van der Waals surface area contributed by atoms with Gasteiger partial charge in [-0.1, -0.05) is 53.2 Å². The predicted octanol–water partition coefficient (Wildman–Crippen LogP) is 1.78. The molecule has 0 aliphatic heterocycles. The van der Waals surface area contributed by atoms with Crippen LogP contribution in [0.15, 0.2) is 54.6 Å². The quantitative estimate of drug-likeness (QED) is 0.580. The minimum absolute atomic E-state index is 0.0104. The molecule has 28 heavy (non-hydrogen) atoms. The third kappa shape index (κ3) is 4.94. The minimum atomic E-state index is -0.418. The monoisotopic (exact) mass is 378 g/mol. The van der Waals surface area contributed by atoms with E-state index in [0.717, 1.165) is 11.1 Å². The zero-order valence-electron chi connectivity index (χ0n) is 15.6. The number of nitrogens with two attached hydrogens (primary N) is 1. The van der Waals surface area contributed by atoms with Crippen LogP contribution in [0, 0.1) is 6.92 Å². The molecule has 144 valence electrons. The zero-order chi connectivity index (χ0) is 19.9. The highest BCUT2D eigenvalue weighted by molar-refractivity contribution is 5.96. The van der Waals surface area contributed by atoms with Gasteiger partial charge in [-0.3, -0.25) is 9.59 Å². The molecule has 0 radical (unpaired) electrons. The Bertz CT molecular complexity index is 951. The molecule has 8 nitrogen and oxygen atoms in total. The van der Waals surface area contributed by atoms with E-state index in [1.54, 1.807) is 0 Å². The summed E-state index contributed by atoms with van der Waals surface area (Å²) in [5, 5.41) is 13.1. The van der Waals surface area contributed by atoms with Gasteiger partial charge in [-0.2, -0.15) is 0 Å². The molecule has 0 bridgehead atoms. The molecule has 2 aromatic carbocycles. The van der Waals surface area contributed by atoms with Gasteiger partial charge >= 0.3 is 0 Å². The molecule has 0 spiro atoms. The van der Waals surface area contributed by atoms with Crippen molar-refractivity contribution in [2.24, 2.45) is 0 Å². The minimum Gasteiger partial charge on any atom is -0.382 e. The van der Waals surface area contributed by atoms with Crippen molar-refractivity contribution >= 4 is 23.3 Å². The Morgan fingerprint density at radius 3 is 2.50 bits per heavy atom. The van der Waals surface area contributed by atoms with E-state index in [0.29, 0.717) is 18.7 Å². The molecule has 0 saturated carbocycles. The second kappa shape index (κ2) is 8.81. The molecular weight excluding hydrogens is 356 g/mol. The van der Waals surface area contributed by atoms with Crippen molar-refractivity contribution in [3.63, 3.8) is 0 Å². The molecule has 0 atom stereocenters. The standard InChI is InChI=1S/C20H22N6O2/c1-14-7-9-16(10-8-14)23-17(27)13-26-19(21)18(24-25-26)20(28)22-12-11-15-5-3-2-4-6-15/h2-10H,11-13,21H2,1H3,(H,22,28)(H,23,27). The number of hydrogen-bond acceptors (Lipinski definition) is 5. The van der Waals surface area contributed by atoms with Gasteiger partial charge in [-0.15, -0.1) is 5.10 Å². The largest absolute Gasteiger partial charge is 0.382 e. The van der Waals surface area contributed by atoms with Gasteiger partial charge in [0.1, 0.15) is 6.54 Å². The number of carbonyl (C=O) groups is 2. The lowest BCUT2D eigenvalue weighted by Crippen LogP contribution is -2.27. The average molecular weight is 378 g/mol. The topological polar surface area (TPSA) is 115 Å². The Morgan fingerprint density at radius 2 is 1.79 bits per heavy atom. The lowest BCUT2D eigenvalue weighted by molar-refractivity contribution is -0.116. The normalized spacial score (nSPS) is 10.5. The Kier molecular flexibility index (Phi) is 6.01. The molecule has 0 aliphatic carbocycles. The second-order valence-corrected chi connectivity index (χ2v) is 6.39. The van der Waals surface area contributed by atoms with Crippen molar-refractivity contribution in [2.45, 2.75) is 19.9 Å². The number of benzene rings is 2. The van der Waals surface area contributed by atoms with E-state index >= 15 is 0 Å². The van der Waals surface area contributed by atoms with Gasteiger partial charge < -0.3 is 16.4 Å². The van der Waals surface area contributed by atoms with Gasteiger partial charge in [0.05, 0.1) is 0 Å². The van der Waals surface area contributed by atoms with E-state index in [1.807, 2.05) is 61.5 Å². The van der Waals surface area contributed by atoms with Crippen LogP contribution in [-0.4, -0.2) is 33.4 Å². The van der Waals surface area contributed by atoms with Gasteiger partial charge in [0, 0.05) is 12.2 Å². The lowest BCUT2D eigenvalue weighted by atomic mass is 10.1. The van der Waals surface area contributed by atoms with Gasteiger partial charge in [0.2, 0.25) is 5.91 Å². The van der Waals surface area contributed by atoms with Crippen LogP contribution in [0.25, 0.3) is 0 Å². The highest BCUT2D eigenvalue weighted by Gasteiger charge is 2.18. The average Bonchev–Trinajstić information content (AvgIpc) is 3.05. The number of aryl methyl sites for hydroxylation is 1. The summed E-state index contributed by atoms with van der Waals surface area (Å²) in [6.45, 7) is 2.28. The van der Waals surface area contributed by atoms with Crippen LogP contribution in [0.2, 0.25) is 0 Å². The van der Waals surface area contributed by atoms with Gasteiger partial charge in [0.15, 0.2) is 11.5 Å². The summed E-state index contributed by atoms with van der Waals surface area (Å²) in [6, 6.07) is 17.2. The number of nitrogens with one attached hydrogen (secondary N) is 2. The molecule has 1 aromatic heterocycles. The molecule has 0 unspecified atom stereocenters. The van der Waals surface area contributed by atoms with E-state index in [2.05, 4.69) is 20.9 Å². The number of aromatic nitrogens is 3. The molecule has 0 aliphatic rings. The number of nitrogen functional groups attached to an aromatic ring is 1. The lowest BCUT2D eigenvalue weighted by Gasteiger charge is -2.07. The van der Waals surface area contributed by atoms with Crippen LogP contribution in [0.3, 0.4) is 0 Å². The number of nitrogens with zero attached hydrogens (tertiary/aromatic N) is 3. The molecule has 3 aromatic rings. The number of carbonyl (C=O) groups excluding carboxylic acids is 2. The third-order valence-corrected chi connectivity index (χ3v) is 4.16. The third-order valence-electron chi connectivity index (χ3n) is 4.16. The summed E-state index contributed by atoms with van der Waals surface area (Å²) in [5.41, 5.74) is 8.85. The maximum absolute atomic E-state index is 12.3. The molecule has 3 rings (SSSR count). The number of anilines is 2. The summed E-state index contributed by atoms with van der Waals surface area (Å²) in [4.78, 5) is 24.4. The zero-order valence-corrected chi connectivity index (χ0v) is 15.6. The van der Waals surface area contributed by atoms with Crippen LogP contribution in [0.1, 0.15) is 21.6 Å². The highest BCUT2D eigenvalue weighted by atomic mass is 16.2. The van der Waals surface area contributed by atoms with E-state index in [-0.39, 0.29) is 24.0 Å². The van der Waals surface area contributed by atoms with Crippen molar-refractivity contribution in [2.75, 3.05) is 17.6 Å². The smallest absolute Gasteiger partial charge is 0.275 e. The molecule has 8 heteroatoms. The summed E-state index contributed by atoms with van der Waals surface area (Å²) in [7, 11) is 0. The molecule has 1 heterocycles. The molecule has 4 N–H and O–H groups in total. The number of hydrogen-bond donors (Lipinski definition) is 3. The Labute approximate surface area is 162 Å². The van der Waals surface area contributed by atoms with Gasteiger partial charge in [-0.25, -0.2) is 4.68 Å². The predicted molar refractivity (Wildman–Crippen MR) is 107 cm³/mol. The van der Waals surface area contributed by atoms with Gasteiger partial charge in [0.25, 0.3) is 5.91 Å². The van der Waals surface area contributed by atoms with E-state index < -0.39 is 5.91 Å². The van der Waals surface area contributed by atoms with E-state index in [1.165, 1.54) is 4.68 Å². The van der Waals surface area contributed by atoms with E-state index in [9.17, 15) is 9.59 Å². The van der Waals surface area contributed by atoms with E-state index in [4.69, 9.17) is 5.73 Å². The maximum Gasteiger partial charge on any atom is 0.275 e. The SMILES string of the molecule is Cc1ccc(NC(=O)Cn2nnc(C(=O)NCCc3ccccc3)c2N)cc1. The Hall–Kier alpha value is -3.68. The fourth-order valence-corrected chi connectivity index (χ4v) is 2.62. The van der Waals surface area contributed by atoms with Crippen molar-refractivity contribution in [1.29, 1.82) is 0 Å². The summed E-state index contributed by atoms with van der Waals surface area (Å²) in [5.74, 6) is -0.675. The Morgan fingerprint density at radius 1 is 1.07 bits per heavy atom. The molecule has 2 amide bonds. The first kappa shape index (κ1) is 19.1. The van der Waals surface area contributed by atoms with Crippen molar-refractivity contribution in [1.82, 2.24) is 20.3 Å². The highest BCUT2D eigenvalue weighted by Crippen LogP contribution is 2.11. The first-order valence-corrected chi connectivity index (χ1v) is 8.90. The van der Waals surface area contributed by atoms with Crippen LogP contribution in [0.5, 0.6) is 0 Å². The van der Waals surface area contributed by atoms with Crippen LogP contribution in [-0.2, 0) is 17.8 Å². The number of rotatable bonds is 7. The van der Waals surface area contributed by atoms with Crippen molar-refractivity contribution in [3.8, 4) is 0 Å². The van der Waals surface area contributed by atoms with Crippen LogP contribution >= 0.6 is 0 Å². The maximum atomic E-state index is 12.3. The van der Waals surface area contributed by atoms with Crippen molar-refractivity contribution < 1.29 is 9.59 Å². The molecule has 0 saturated heterocycles. The fraction of sp³-hybridized carbons (Fsp3) is 0.200. The Balaban J connectivity index is 1.54. The summed E-state index contributed by atoms with van der Waals surface area (Å²) < 4.78 is 1.20. The first-order valence-electron chi connectivity index (χ1n) is 8.90. The summed E-state index contributed by atoms with van der Waals surface area (Å²) >= 11 is 0. The number of amides is 2. The van der Waals surface area contributed by atoms with Crippen LogP contribution in [0.4, 0.5) is 11.5 Å².